The average molecular weight is 237 g/mol. The first-order valence-electron chi connectivity index (χ1n) is 5.92. The first-order valence-corrected chi connectivity index (χ1v) is 5.92. The second kappa shape index (κ2) is 4.94. The van der Waals surface area contributed by atoms with Gasteiger partial charge in [-0.25, -0.2) is 0 Å². The van der Waals surface area contributed by atoms with Gasteiger partial charge < -0.3 is 20.3 Å². The van der Waals surface area contributed by atoms with Crippen LogP contribution in [0.3, 0.4) is 0 Å². The van der Waals surface area contributed by atoms with Crippen LogP contribution < -0.4 is 10.1 Å². The van der Waals surface area contributed by atoms with E-state index in [1.165, 1.54) is 7.11 Å². The smallest absolute Gasteiger partial charge is 0.161 e. The Morgan fingerprint density at radius 2 is 2.06 bits per heavy atom. The maximum absolute atomic E-state index is 10.4. The number of benzene rings is 1. The predicted octanol–water partition coefficient (Wildman–Crippen LogP) is 1.06. The molecule has 17 heavy (non-hydrogen) atoms. The molecule has 0 radical (unpaired) electrons. The Bertz CT molecular complexity index is 386. The van der Waals surface area contributed by atoms with Gasteiger partial charge >= 0.3 is 0 Å². The van der Waals surface area contributed by atoms with E-state index in [2.05, 4.69) is 5.32 Å². The van der Waals surface area contributed by atoms with Crippen LogP contribution in [0.4, 0.5) is 0 Å². The zero-order valence-corrected chi connectivity index (χ0v) is 10.1. The molecule has 1 saturated heterocycles. The van der Waals surface area contributed by atoms with Crippen LogP contribution in [0.15, 0.2) is 18.2 Å². The van der Waals surface area contributed by atoms with Crippen molar-refractivity contribution in [3.63, 3.8) is 0 Å². The summed E-state index contributed by atoms with van der Waals surface area (Å²) in [5.74, 6) is 0.599. The molecule has 1 fully saturated rings. The zero-order valence-electron chi connectivity index (χ0n) is 10.1. The van der Waals surface area contributed by atoms with E-state index in [4.69, 9.17) is 4.74 Å². The summed E-state index contributed by atoms with van der Waals surface area (Å²) in [4.78, 5) is 0. The first-order chi connectivity index (χ1) is 8.14. The molecule has 1 aromatic rings. The Kier molecular flexibility index (Phi) is 3.54. The highest BCUT2D eigenvalue weighted by Crippen LogP contribution is 2.33. The van der Waals surface area contributed by atoms with Crippen molar-refractivity contribution in [1.29, 1.82) is 0 Å². The number of aromatic hydroxyl groups is 1. The molecule has 4 nitrogen and oxygen atoms in total. The molecular weight excluding hydrogens is 218 g/mol. The Morgan fingerprint density at radius 3 is 2.71 bits per heavy atom. The summed E-state index contributed by atoms with van der Waals surface area (Å²) in [6.07, 6.45) is 1.89. The van der Waals surface area contributed by atoms with Crippen LogP contribution in [0.1, 0.15) is 18.4 Å². The van der Waals surface area contributed by atoms with Crippen molar-refractivity contribution in [2.75, 3.05) is 20.2 Å². The van der Waals surface area contributed by atoms with Crippen molar-refractivity contribution in [2.24, 2.45) is 0 Å². The van der Waals surface area contributed by atoms with Crippen LogP contribution in [-0.2, 0) is 6.42 Å². The van der Waals surface area contributed by atoms with Crippen molar-refractivity contribution in [2.45, 2.75) is 24.9 Å². The number of nitrogens with one attached hydrogen (secondary N) is 1. The molecule has 0 bridgehead atoms. The van der Waals surface area contributed by atoms with Gasteiger partial charge in [0.2, 0.25) is 0 Å². The van der Waals surface area contributed by atoms with E-state index in [-0.39, 0.29) is 5.75 Å². The highest BCUT2D eigenvalue weighted by molar-refractivity contribution is 5.45. The zero-order chi connectivity index (χ0) is 12.3. The minimum Gasteiger partial charge on any atom is -0.504 e. The van der Waals surface area contributed by atoms with Gasteiger partial charge in [-0.15, -0.1) is 0 Å². The lowest BCUT2D eigenvalue weighted by Crippen LogP contribution is -2.43. The van der Waals surface area contributed by atoms with Gasteiger partial charge in [0.15, 0.2) is 11.5 Å². The van der Waals surface area contributed by atoms with Crippen molar-refractivity contribution in [3.05, 3.63) is 23.8 Å². The maximum atomic E-state index is 10.4. The Balaban J connectivity index is 2.17. The number of piperidine rings is 1. The van der Waals surface area contributed by atoms with Crippen molar-refractivity contribution in [1.82, 2.24) is 5.32 Å². The standard InChI is InChI=1S/C13H19NO3/c1-17-11-4-2-3-10(12(11)15)9-13(16)5-7-14-8-6-13/h2-4,14-16H,5-9H2,1H3. The number of hydrogen-bond donors (Lipinski definition) is 3. The van der Waals surface area contributed by atoms with Crippen LogP contribution in [0.25, 0.3) is 0 Å². The van der Waals surface area contributed by atoms with Crippen LogP contribution in [0.5, 0.6) is 11.5 Å². The molecule has 3 N–H and O–H groups in total. The third-order valence-electron chi connectivity index (χ3n) is 3.36. The highest BCUT2D eigenvalue weighted by Gasteiger charge is 2.30. The fourth-order valence-corrected chi connectivity index (χ4v) is 2.30. The summed E-state index contributed by atoms with van der Waals surface area (Å²) in [5, 5.41) is 23.6. The minimum atomic E-state index is -0.713. The van der Waals surface area contributed by atoms with E-state index in [1.807, 2.05) is 12.1 Å². The molecule has 1 heterocycles. The van der Waals surface area contributed by atoms with E-state index >= 15 is 0 Å². The molecule has 1 aromatic carbocycles. The molecule has 94 valence electrons. The van der Waals surface area contributed by atoms with Crippen LogP contribution in [-0.4, -0.2) is 36.0 Å². The van der Waals surface area contributed by atoms with Crippen molar-refractivity contribution in [3.8, 4) is 11.5 Å². The number of para-hydroxylation sites is 1. The quantitative estimate of drug-likeness (QED) is 0.735. The second-order valence-electron chi connectivity index (χ2n) is 4.62. The fourth-order valence-electron chi connectivity index (χ4n) is 2.30. The number of rotatable bonds is 3. The summed E-state index contributed by atoms with van der Waals surface area (Å²) >= 11 is 0. The average Bonchev–Trinajstić information content (AvgIpc) is 2.32. The lowest BCUT2D eigenvalue weighted by molar-refractivity contribution is 0.0103. The van der Waals surface area contributed by atoms with Gasteiger partial charge in [-0.1, -0.05) is 12.1 Å². The summed E-state index contributed by atoms with van der Waals surface area (Å²) < 4.78 is 5.06. The second-order valence-corrected chi connectivity index (χ2v) is 4.62. The highest BCUT2D eigenvalue weighted by atomic mass is 16.5. The lowest BCUT2D eigenvalue weighted by Gasteiger charge is -2.32. The van der Waals surface area contributed by atoms with Crippen LogP contribution in [0, 0.1) is 0 Å². The summed E-state index contributed by atoms with van der Waals surface area (Å²) in [7, 11) is 1.53. The molecule has 0 amide bonds. The summed E-state index contributed by atoms with van der Waals surface area (Å²) in [6.45, 7) is 1.64. The number of ether oxygens (including phenoxy) is 1. The number of methoxy groups -OCH3 is 1. The third kappa shape index (κ3) is 2.70. The van der Waals surface area contributed by atoms with Crippen molar-refractivity contribution >= 4 is 0 Å². The summed E-state index contributed by atoms with van der Waals surface area (Å²) in [5.41, 5.74) is 0.0310. The van der Waals surface area contributed by atoms with Gasteiger partial charge in [-0.2, -0.15) is 0 Å². The predicted molar refractivity (Wildman–Crippen MR) is 65.4 cm³/mol. The lowest BCUT2D eigenvalue weighted by atomic mass is 9.86. The monoisotopic (exact) mass is 237 g/mol. The van der Waals surface area contributed by atoms with Gasteiger partial charge in [0.05, 0.1) is 12.7 Å². The Labute approximate surface area is 101 Å². The maximum Gasteiger partial charge on any atom is 0.161 e. The van der Waals surface area contributed by atoms with E-state index in [0.717, 1.165) is 18.7 Å². The van der Waals surface area contributed by atoms with E-state index in [0.29, 0.717) is 25.0 Å². The molecule has 0 spiro atoms. The number of phenols is 1. The molecule has 2 rings (SSSR count). The van der Waals surface area contributed by atoms with Gasteiger partial charge in [-0.3, -0.25) is 0 Å². The van der Waals surface area contributed by atoms with Gasteiger partial charge in [-0.05, 0) is 32.0 Å². The van der Waals surface area contributed by atoms with E-state index < -0.39 is 5.60 Å². The fraction of sp³-hybridized carbons (Fsp3) is 0.538. The Morgan fingerprint density at radius 1 is 1.35 bits per heavy atom. The SMILES string of the molecule is COc1cccc(CC2(O)CCNCC2)c1O. The van der Waals surface area contributed by atoms with E-state index in [1.54, 1.807) is 6.07 Å². The molecule has 1 aliphatic heterocycles. The topological polar surface area (TPSA) is 61.7 Å². The molecular formula is C13H19NO3. The molecule has 0 aliphatic carbocycles. The minimum absolute atomic E-state index is 0.141. The normalized spacial score (nSPS) is 18.9. The molecule has 0 aromatic heterocycles. The molecule has 1 aliphatic rings. The number of phenolic OH excluding ortho intramolecular Hbond substituents is 1. The van der Waals surface area contributed by atoms with Crippen molar-refractivity contribution < 1.29 is 14.9 Å². The number of hydrogen-bond acceptors (Lipinski definition) is 4. The van der Waals surface area contributed by atoms with Crippen LogP contribution in [0.2, 0.25) is 0 Å². The van der Waals surface area contributed by atoms with E-state index in [9.17, 15) is 10.2 Å². The Hall–Kier alpha value is -1.26. The summed E-state index contributed by atoms with van der Waals surface area (Å²) in [6, 6.07) is 5.38. The molecule has 0 saturated carbocycles. The van der Waals surface area contributed by atoms with Gasteiger partial charge in [0.25, 0.3) is 0 Å². The third-order valence-corrected chi connectivity index (χ3v) is 3.36. The first kappa shape index (κ1) is 12.2. The molecule has 4 heteroatoms. The van der Waals surface area contributed by atoms with Gasteiger partial charge in [0.1, 0.15) is 0 Å². The number of aliphatic hydroxyl groups is 1. The molecule has 0 unspecified atom stereocenters. The molecule has 0 atom stereocenters. The van der Waals surface area contributed by atoms with Crippen LogP contribution >= 0.6 is 0 Å². The van der Waals surface area contributed by atoms with Gasteiger partial charge in [0, 0.05) is 12.0 Å². The largest absolute Gasteiger partial charge is 0.504 e.